The molecule has 80 valence electrons. The molecule has 5 heteroatoms. The molecule has 0 aliphatic rings. The number of nitrogens with one attached hydrogen (secondary N) is 1. The van der Waals surface area contributed by atoms with E-state index in [-0.39, 0.29) is 0 Å². The Morgan fingerprint density at radius 3 is 3.00 bits per heavy atom. The highest BCUT2D eigenvalue weighted by Crippen LogP contribution is 2.18. The van der Waals surface area contributed by atoms with Crippen LogP contribution in [0.2, 0.25) is 0 Å². The Morgan fingerprint density at radius 2 is 2.40 bits per heavy atom. The quantitative estimate of drug-likeness (QED) is 0.891. The molecule has 0 fully saturated rings. The Balaban J connectivity index is 1.91. The van der Waals surface area contributed by atoms with Crippen LogP contribution in [-0.2, 0) is 6.54 Å². The number of rotatable bonds is 4. The lowest BCUT2D eigenvalue weighted by molar-refractivity contribution is 0.585. The van der Waals surface area contributed by atoms with E-state index in [0.29, 0.717) is 6.04 Å². The molecule has 2 aromatic rings. The van der Waals surface area contributed by atoms with Crippen LogP contribution in [0.25, 0.3) is 0 Å². The van der Waals surface area contributed by atoms with Crippen LogP contribution in [0.15, 0.2) is 17.8 Å². The van der Waals surface area contributed by atoms with Crippen molar-refractivity contribution in [2.45, 2.75) is 26.4 Å². The maximum Gasteiger partial charge on any atom is 0.0798 e. The second-order valence-corrected chi connectivity index (χ2v) is 5.18. The van der Waals surface area contributed by atoms with Gasteiger partial charge in [-0.25, -0.2) is 9.36 Å². The summed E-state index contributed by atoms with van der Waals surface area (Å²) < 4.78 is 4.10. The minimum atomic E-state index is 0.360. The third-order valence-electron chi connectivity index (χ3n) is 2.30. The lowest BCUT2D eigenvalue weighted by Crippen LogP contribution is -2.16. The van der Waals surface area contributed by atoms with Gasteiger partial charge in [0.1, 0.15) is 0 Å². The van der Waals surface area contributed by atoms with Crippen molar-refractivity contribution in [3.8, 4) is 0 Å². The van der Waals surface area contributed by atoms with Gasteiger partial charge in [-0.3, -0.25) is 0 Å². The lowest BCUT2D eigenvalue weighted by Gasteiger charge is -2.10. The van der Waals surface area contributed by atoms with Crippen molar-refractivity contribution in [2.75, 3.05) is 0 Å². The monoisotopic (exact) mass is 239 g/mol. The third kappa shape index (κ3) is 2.62. The summed E-state index contributed by atoms with van der Waals surface area (Å²) in [5.74, 6) is 0. The van der Waals surface area contributed by atoms with Gasteiger partial charge in [0, 0.05) is 28.5 Å². The summed E-state index contributed by atoms with van der Waals surface area (Å²) in [6.45, 7) is 5.09. The molecule has 1 atom stereocenters. The Morgan fingerprint density at radius 1 is 1.53 bits per heavy atom. The molecule has 3 nitrogen and oxygen atoms in total. The van der Waals surface area contributed by atoms with Crippen molar-refractivity contribution < 1.29 is 0 Å². The molecule has 0 saturated heterocycles. The van der Waals surface area contributed by atoms with Crippen molar-refractivity contribution in [3.63, 3.8) is 0 Å². The molecule has 1 N–H and O–H groups in total. The highest BCUT2D eigenvalue weighted by atomic mass is 32.1. The third-order valence-corrected chi connectivity index (χ3v) is 4.16. The summed E-state index contributed by atoms with van der Waals surface area (Å²) in [6.07, 6.45) is 1.84. The van der Waals surface area contributed by atoms with Gasteiger partial charge in [0.15, 0.2) is 0 Å². The van der Waals surface area contributed by atoms with E-state index in [9.17, 15) is 0 Å². The Hall–Kier alpha value is -0.780. The first kappa shape index (κ1) is 10.7. The van der Waals surface area contributed by atoms with Gasteiger partial charge in [-0.1, -0.05) is 0 Å². The summed E-state index contributed by atoms with van der Waals surface area (Å²) in [5, 5.41) is 3.47. The summed E-state index contributed by atoms with van der Waals surface area (Å²) in [4.78, 5) is 6.81. The molecule has 0 aliphatic heterocycles. The minimum absolute atomic E-state index is 0.360. The van der Waals surface area contributed by atoms with E-state index in [2.05, 4.69) is 27.7 Å². The average Bonchev–Trinajstić information content (AvgIpc) is 2.85. The first-order valence-corrected chi connectivity index (χ1v) is 6.45. The van der Waals surface area contributed by atoms with E-state index in [1.165, 1.54) is 9.75 Å². The largest absolute Gasteiger partial charge is 0.304 e. The molecular weight excluding hydrogens is 226 g/mol. The molecule has 0 amide bonds. The van der Waals surface area contributed by atoms with Gasteiger partial charge >= 0.3 is 0 Å². The minimum Gasteiger partial charge on any atom is -0.304 e. The van der Waals surface area contributed by atoms with E-state index in [4.69, 9.17) is 0 Å². The van der Waals surface area contributed by atoms with Crippen molar-refractivity contribution in [2.24, 2.45) is 0 Å². The summed E-state index contributed by atoms with van der Waals surface area (Å²) in [6, 6.07) is 2.42. The van der Waals surface area contributed by atoms with Crippen LogP contribution < -0.4 is 5.32 Å². The van der Waals surface area contributed by atoms with Crippen molar-refractivity contribution >= 4 is 22.9 Å². The zero-order valence-electron chi connectivity index (χ0n) is 8.73. The zero-order valence-corrected chi connectivity index (χ0v) is 10.4. The SMILES string of the molecule is Cc1ncsc1CNC(C)c1ccns1. The molecule has 1 unspecified atom stereocenters. The van der Waals surface area contributed by atoms with E-state index in [1.807, 2.05) is 18.6 Å². The predicted molar refractivity (Wildman–Crippen MR) is 64.2 cm³/mol. The molecule has 0 spiro atoms. The van der Waals surface area contributed by atoms with Gasteiger partial charge in [-0.2, -0.15) is 0 Å². The smallest absolute Gasteiger partial charge is 0.0798 e. The predicted octanol–water partition coefficient (Wildman–Crippen LogP) is 2.76. The Labute approximate surface area is 97.4 Å². The maximum atomic E-state index is 4.23. The second-order valence-electron chi connectivity index (χ2n) is 3.38. The molecular formula is C10H13N3S2. The lowest BCUT2D eigenvalue weighted by atomic mass is 10.2. The van der Waals surface area contributed by atoms with Crippen LogP contribution >= 0.6 is 22.9 Å². The molecule has 0 saturated carbocycles. The van der Waals surface area contributed by atoms with Crippen LogP contribution in [0.1, 0.15) is 28.4 Å². The maximum absolute atomic E-state index is 4.23. The summed E-state index contributed by atoms with van der Waals surface area (Å²) in [5.41, 5.74) is 3.02. The fourth-order valence-corrected chi connectivity index (χ4v) is 2.63. The van der Waals surface area contributed by atoms with Crippen LogP contribution in [0.3, 0.4) is 0 Å². The van der Waals surface area contributed by atoms with Gasteiger partial charge in [-0.05, 0) is 31.4 Å². The molecule has 15 heavy (non-hydrogen) atoms. The van der Waals surface area contributed by atoms with Crippen LogP contribution in [0, 0.1) is 6.92 Å². The normalized spacial score (nSPS) is 12.9. The fraction of sp³-hybridized carbons (Fsp3) is 0.400. The number of aromatic nitrogens is 2. The topological polar surface area (TPSA) is 37.8 Å². The van der Waals surface area contributed by atoms with Crippen molar-refractivity contribution in [3.05, 3.63) is 33.2 Å². The van der Waals surface area contributed by atoms with Crippen molar-refractivity contribution in [1.29, 1.82) is 0 Å². The van der Waals surface area contributed by atoms with E-state index >= 15 is 0 Å². The number of aryl methyl sites for hydroxylation is 1. The molecule has 2 aromatic heterocycles. The molecule has 0 aromatic carbocycles. The first-order chi connectivity index (χ1) is 7.27. The summed E-state index contributed by atoms with van der Waals surface area (Å²) >= 11 is 3.25. The highest BCUT2D eigenvalue weighted by molar-refractivity contribution is 7.09. The average molecular weight is 239 g/mol. The van der Waals surface area contributed by atoms with Gasteiger partial charge in [-0.15, -0.1) is 11.3 Å². The van der Waals surface area contributed by atoms with Crippen LogP contribution in [0.4, 0.5) is 0 Å². The van der Waals surface area contributed by atoms with Gasteiger partial charge in [0.05, 0.1) is 11.2 Å². The summed E-state index contributed by atoms with van der Waals surface area (Å²) in [7, 11) is 0. The standard InChI is InChI=1S/C10H13N3S2/c1-7(9-3-4-13-15-9)11-5-10-8(2)12-6-14-10/h3-4,6-7,11H,5H2,1-2H3. The zero-order chi connectivity index (χ0) is 10.7. The fourth-order valence-electron chi connectivity index (χ4n) is 1.29. The Bertz CT molecular complexity index is 408. The van der Waals surface area contributed by atoms with Gasteiger partial charge in [0.2, 0.25) is 0 Å². The Kier molecular flexibility index (Phi) is 3.45. The van der Waals surface area contributed by atoms with Gasteiger partial charge in [0.25, 0.3) is 0 Å². The van der Waals surface area contributed by atoms with Crippen LogP contribution in [0.5, 0.6) is 0 Å². The molecule has 2 heterocycles. The van der Waals surface area contributed by atoms with E-state index in [1.54, 1.807) is 22.9 Å². The molecule has 0 radical (unpaired) electrons. The molecule has 0 bridgehead atoms. The van der Waals surface area contributed by atoms with Gasteiger partial charge < -0.3 is 5.32 Å². The van der Waals surface area contributed by atoms with Crippen LogP contribution in [-0.4, -0.2) is 9.36 Å². The number of thiazole rings is 1. The number of hydrogen-bond acceptors (Lipinski definition) is 5. The highest BCUT2D eigenvalue weighted by Gasteiger charge is 2.08. The number of nitrogens with zero attached hydrogens (tertiary/aromatic N) is 2. The number of hydrogen-bond donors (Lipinski definition) is 1. The van der Waals surface area contributed by atoms with Crippen molar-refractivity contribution in [1.82, 2.24) is 14.7 Å². The molecule has 2 rings (SSSR count). The first-order valence-electron chi connectivity index (χ1n) is 4.80. The van der Waals surface area contributed by atoms with E-state index in [0.717, 1.165) is 12.2 Å². The second kappa shape index (κ2) is 4.83. The van der Waals surface area contributed by atoms with E-state index < -0.39 is 0 Å². The molecule has 0 aliphatic carbocycles.